The number of nitrogens with one attached hydrogen (secondary N) is 1. The zero-order chi connectivity index (χ0) is 14.4. The van der Waals surface area contributed by atoms with Crippen LogP contribution in [0.4, 0.5) is 0 Å². The first-order valence-corrected chi connectivity index (χ1v) is 7.33. The maximum absolute atomic E-state index is 12.0. The van der Waals surface area contributed by atoms with Gasteiger partial charge in [0.15, 0.2) is 0 Å². The van der Waals surface area contributed by atoms with Crippen molar-refractivity contribution in [2.24, 2.45) is 0 Å². The van der Waals surface area contributed by atoms with E-state index in [2.05, 4.69) is 15.2 Å². The Labute approximate surface area is 122 Å². The van der Waals surface area contributed by atoms with Crippen molar-refractivity contribution >= 4 is 17.7 Å². The monoisotopic (exact) mass is 291 g/mol. The molecule has 0 aliphatic carbocycles. The molecule has 0 saturated carbocycles. The van der Waals surface area contributed by atoms with E-state index in [1.165, 1.54) is 11.8 Å². The van der Waals surface area contributed by atoms with Gasteiger partial charge < -0.3 is 4.74 Å². The van der Waals surface area contributed by atoms with Crippen molar-refractivity contribution in [3.63, 3.8) is 0 Å². The molecule has 0 radical (unpaired) electrons. The summed E-state index contributed by atoms with van der Waals surface area (Å²) in [5.74, 6) is 0.504. The maximum atomic E-state index is 12.0. The smallest absolute Gasteiger partial charge is 0.319 e. The van der Waals surface area contributed by atoms with Crippen LogP contribution < -0.4 is 0 Å². The van der Waals surface area contributed by atoms with Crippen molar-refractivity contribution in [2.45, 2.75) is 37.3 Å². The number of aromatic amines is 1. The molecule has 6 heteroatoms. The first-order chi connectivity index (χ1) is 9.69. The van der Waals surface area contributed by atoms with E-state index in [0.717, 1.165) is 11.4 Å². The highest BCUT2D eigenvalue weighted by molar-refractivity contribution is 8.00. The molecule has 0 aliphatic rings. The van der Waals surface area contributed by atoms with Crippen molar-refractivity contribution in [1.82, 2.24) is 15.2 Å². The van der Waals surface area contributed by atoms with Gasteiger partial charge in [0.2, 0.25) is 5.16 Å². The van der Waals surface area contributed by atoms with E-state index in [1.54, 1.807) is 0 Å². The van der Waals surface area contributed by atoms with E-state index in [1.807, 2.05) is 44.2 Å². The third-order valence-corrected chi connectivity index (χ3v) is 3.89. The fourth-order valence-electron chi connectivity index (χ4n) is 1.62. The summed E-state index contributed by atoms with van der Waals surface area (Å²) >= 11 is 1.32. The largest absolute Gasteiger partial charge is 0.460 e. The van der Waals surface area contributed by atoms with Gasteiger partial charge >= 0.3 is 5.97 Å². The second-order valence-corrected chi connectivity index (χ2v) is 5.48. The standard InChI is InChI=1S/C14H17N3O2S/c1-3-12(20-14-15-10(2)16-17-14)13(18)19-9-11-7-5-4-6-8-11/h4-8,12H,3,9H2,1-2H3,(H,15,16,17). The zero-order valence-corrected chi connectivity index (χ0v) is 12.3. The fourth-order valence-corrected chi connectivity index (χ4v) is 2.50. The number of esters is 1. The minimum atomic E-state index is -0.283. The number of thioether (sulfide) groups is 1. The molecule has 0 amide bonds. The van der Waals surface area contributed by atoms with Crippen molar-refractivity contribution < 1.29 is 9.53 Å². The average Bonchev–Trinajstić information content (AvgIpc) is 2.88. The maximum Gasteiger partial charge on any atom is 0.319 e. The van der Waals surface area contributed by atoms with Crippen LogP contribution >= 0.6 is 11.8 Å². The SMILES string of the molecule is CCC(Sc1n[nH]c(C)n1)C(=O)OCc1ccccc1. The van der Waals surface area contributed by atoms with Crippen LogP contribution in [0.1, 0.15) is 24.7 Å². The van der Waals surface area contributed by atoms with Gasteiger partial charge in [-0.2, -0.15) is 0 Å². The molecule has 0 aliphatic heterocycles. The van der Waals surface area contributed by atoms with Gasteiger partial charge in [-0.05, 0) is 18.9 Å². The molecule has 0 spiro atoms. The van der Waals surface area contributed by atoms with Crippen molar-refractivity contribution in [2.75, 3.05) is 0 Å². The number of benzene rings is 1. The summed E-state index contributed by atoms with van der Waals surface area (Å²) in [5.41, 5.74) is 0.981. The normalized spacial score (nSPS) is 12.1. The van der Waals surface area contributed by atoms with E-state index >= 15 is 0 Å². The van der Waals surface area contributed by atoms with Crippen LogP contribution in [0.15, 0.2) is 35.5 Å². The topological polar surface area (TPSA) is 67.9 Å². The molecule has 0 fully saturated rings. The Morgan fingerprint density at radius 1 is 1.40 bits per heavy atom. The Morgan fingerprint density at radius 2 is 2.15 bits per heavy atom. The number of carbonyl (C=O) groups is 1. The van der Waals surface area contributed by atoms with E-state index in [9.17, 15) is 4.79 Å². The van der Waals surface area contributed by atoms with Gasteiger partial charge in [0, 0.05) is 0 Å². The second-order valence-electron chi connectivity index (χ2n) is 4.31. The molecule has 5 nitrogen and oxygen atoms in total. The van der Waals surface area contributed by atoms with E-state index in [0.29, 0.717) is 18.2 Å². The van der Waals surface area contributed by atoms with Gasteiger partial charge in [-0.25, -0.2) is 4.98 Å². The van der Waals surface area contributed by atoms with E-state index in [-0.39, 0.29) is 11.2 Å². The molecule has 2 rings (SSSR count). The Hall–Kier alpha value is -1.82. The van der Waals surface area contributed by atoms with Crippen LogP contribution in [0, 0.1) is 6.92 Å². The number of rotatable bonds is 6. The van der Waals surface area contributed by atoms with Gasteiger partial charge in [-0.15, -0.1) is 5.10 Å². The molecule has 1 atom stereocenters. The minimum absolute atomic E-state index is 0.233. The number of nitrogens with zero attached hydrogens (tertiary/aromatic N) is 2. The van der Waals surface area contributed by atoms with Crippen LogP contribution in [0.5, 0.6) is 0 Å². The summed E-state index contributed by atoms with van der Waals surface area (Å²) in [7, 11) is 0. The van der Waals surface area contributed by atoms with Crippen LogP contribution in [-0.2, 0) is 16.1 Å². The molecule has 106 valence electrons. The molecule has 20 heavy (non-hydrogen) atoms. The summed E-state index contributed by atoms with van der Waals surface area (Å²) in [5, 5.41) is 7.08. The lowest BCUT2D eigenvalue weighted by Crippen LogP contribution is -2.19. The predicted molar refractivity (Wildman–Crippen MR) is 77.3 cm³/mol. The number of aromatic nitrogens is 3. The Kier molecular flexibility index (Phi) is 5.17. The van der Waals surface area contributed by atoms with Gasteiger partial charge in [0.25, 0.3) is 0 Å². The summed E-state index contributed by atoms with van der Waals surface area (Å²) in [6.07, 6.45) is 0.672. The second kappa shape index (κ2) is 7.09. The van der Waals surface area contributed by atoms with Crippen molar-refractivity contribution in [3.8, 4) is 0 Å². The lowest BCUT2D eigenvalue weighted by Gasteiger charge is -2.12. The molecule has 0 bridgehead atoms. The quantitative estimate of drug-likeness (QED) is 0.654. The molecule has 1 unspecified atom stereocenters. The van der Waals surface area contributed by atoms with Crippen LogP contribution in [0.25, 0.3) is 0 Å². The molecule has 0 saturated heterocycles. The number of ether oxygens (including phenoxy) is 1. The molecule has 2 aromatic rings. The average molecular weight is 291 g/mol. The third kappa shape index (κ3) is 4.09. The Balaban J connectivity index is 1.89. The molecular formula is C14H17N3O2S. The van der Waals surface area contributed by atoms with Gasteiger partial charge in [-0.1, -0.05) is 49.0 Å². The van der Waals surface area contributed by atoms with Gasteiger partial charge in [-0.3, -0.25) is 9.89 Å². The summed E-state index contributed by atoms with van der Waals surface area (Å²) in [6.45, 7) is 4.07. The lowest BCUT2D eigenvalue weighted by molar-refractivity contribution is -0.144. The predicted octanol–water partition coefficient (Wildman–Crippen LogP) is 2.73. The van der Waals surface area contributed by atoms with Crippen LogP contribution in [0.2, 0.25) is 0 Å². The van der Waals surface area contributed by atoms with E-state index in [4.69, 9.17) is 4.74 Å². The first kappa shape index (κ1) is 14.6. The van der Waals surface area contributed by atoms with Crippen LogP contribution in [-0.4, -0.2) is 26.4 Å². The zero-order valence-electron chi connectivity index (χ0n) is 11.5. The molecule has 1 aromatic heterocycles. The van der Waals surface area contributed by atoms with Crippen molar-refractivity contribution in [3.05, 3.63) is 41.7 Å². The molecule has 1 heterocycles. The minimum Gasteiger partial charge on any atom is -0.460 e. The third-order valence-electron chi connectivity index (χ3n) is 2.68. The number of hydrogen-bond acceptors (Lipinski definition) is 5. The molecule has 1 N–H and O–H groups in total. The highest BCUT2D eigenvalue weighted by Gasteiger charge is 2.21. The summed E-state index contributed by atoms with van der Waals surface area (Å²) < 4.78 is 5.33. The van der Waals surface area contributed by atoms with Gasteiger partial charge in [0.1, 0.15) is 17.7 Å². The molecule has 1 aromatic carbocycles. The number of H-pyrrole nitrogens is 1. The van der Waals surface area contributed by atoms with Crippen LogP contribution in [0.3, 0.4) is 0 Å². The number of hydrogen-bond donors (Lipinski definition) is 1. The highest BCUT2D eigenvalue weighted by Crippen LogP contribution is 2.23. The summed E-state index contributed by atoms with van der Waals surface area (Å²) in [6, 6.07) is 9.64. The Morgan fingerprint density at radius 3 is 2.75 bits per heavy atom. The number of carbonyl (C=O) groups excluding carboxylic acids is 1. The van der Waals surface area contributed by atoms with Gasteiger partial charge in [0.05, 0.1) is 0 Å². The molecular weight excluding hydrogens is 274 g/mol. The van der Waals surface area contributed by atoms with Crippen molar-refractivity contribution in [1.29, 1.82) is 0 Å². The number of aryl methyl sites for hydroxylation is 1. The summed E-state index contributed by atoms with van der Waals surface area (Å²) in [4.78, 5) is 16.2. The Bertz CT molecular complexity index is 557. The first-order valence-electron chi connectivity index (χ1n) is 6.45. The fraction of sp³-hybridized carbons (Fsp3) is 0.357. The highest BCUT2D eigenvalue weighted by atomic mass is 32.2. The van der Waals surface area contributed by atoms with E-state index < -0.39 is 0 Å². The lowest BCUT2D eigenvalue weighted by atomic mass is 10.2.